The minimum atomic E-state index is -0.535. The summed E-state index contributed by atoms with van der Waals surface area (Å²) < 4.78 is 20.1. The number of carbonyl (C=O) groups excluding carboxylic acids is 1. The van der Waals surface area contributed by atoms with Crippen LogP contribution in [0.1, 0.15) is 29.3 Å². The average Bonchev–Trinajstić information content (AvgIpc) is 2.69. The van der Waals surface area contributed by atoms with E-state index in [1.54, 1.807) is 24.3 Å². The number of rotatable bonds is 3. The fraction of sp³-hybridized carbons (Fsp3) is 0.333. The number of amides is 1. The van der Waals surface area contributed by atoms with Crippen LogP contribution >= 0.6 is 11.8 Å². The molecule has 2 aromatic rings. The van der Waals surface area contributed by atoms with Gasteiger partial charge in [0.25, 0.3) is 5.91 Å². The molecule has 0 saturated carbocycles. The molecule has 2 aromatic carbocycles. The summed E-state index contributed by atoms with van der Waals surface area (Å²) in [6, 6.07) is 9.94. The van der Waals surface area contributed by atoms with Gasteiger partial charge in [-0.15, -0.1) is 0 Å². The Morgan fingerprint density at radius 1 is 1.34 bits per heavy atom. The zero-order valence-electron chi connectivity index (χ0n) is 16.4. The maximum absolute atomic E-state index is 14.4. The van der Waals surface area contributed by atoms with Gasteiger partial charge in [0.2, 0.25) is 0 Å². The van der Waals surface area contributed by atoms with Crippen LogP contribution in [0.2, 0.25) is 0 Å². The molecule has 0 aromatic heterocycles. The number of amidine groups is 1. The van der Waals surface area contributed by atoms with Crippen molar-refractivity contribution in [3.8, 4) is 5.75 Å². The molecule has 0 aliphatic carbocycles. The van der Waals surface area contributed by atoms with Crippen molar-refractivity contribution in [1.29, 1.82) is 0 Å². The van der Waals surface area contributed by atoms with Crippen molar-refractivity contribution in [2.24, 2.45) is 10.7 Å². The van der Waals surface area contributed by atoms with E-state index >= 15 is 0 Å². The van der Waals surface area contributed by atoms with Gasteiger partial charge in [-0.3, -0.25) is 9.79 Å². The Bertz CT molecular complexity index is 997. The quantitative estimate of drug-likeness (QED) is 0.803. The molecule has 0 saturated heterocycles. The molecular formula is C21H23FN4O2S. The number of hydrogen-bond acceptors (Lipinski definition) is 6. The molecule has 1 amide bonds. The smallest absolute Gasteiger partial charge is 0.255 e. The van der Waals surface area contributed by atoms with E-state index < -0.39 is 17.3 Å². The summed E-state index contributed by atoms with van der Waals surface area (Å²) >= 11 is 1.51. The number of nitrogens with two attached hydrogens (primary N) is 1. The topological polar surface area (TPSA) is 80.0 Å². The van der Waals surface area contributed by atoms with E-state index in [1.807, 2.05) is 20.0 Å². The Morgan fingerprint density at radius 3 is 2.97 bits per heavy atom. The number of hydrogen-bond donors (Lipinski definition) is 2. The molecule has 2 aliphatic heterocycles. The number of anilines is 2. The predicted molar refractivity (Wildman–Crippen MR) is 116 cm³/mol. The second-order valence-corrected chi connectivity index (χ2v) is 8.54. The largest absolute Gasteiger partial charge is 0.490 e. The molecule has 29 heavy (non-hydrogen) atoms. The van der Waals surface area contributed by atoms with E-state index in [0.717, 1.165) is 30.0 Å². The first-order valence-electron chi connectivity index (χ1n) is 9.43. The molecule has 3 N–H and O–H groups in total. The van der Waals surface area contributed by atoms with Crippen molar-refractivity contribution < 1.29 is 13.9 Å². The highest BCUT2D eigenvalue weighted by Crippen LogP contribution is 2.37. The first-order chi connectivity index (χ1) is 13.9. The molecular weight excluding hydrogens is 391 g/mol. The van der Waals surface area contributed by atoms with Crippen LogP contribution in [0, 0.1) is 5.82 Å². The van der Waals surface area contributed by atoms with E-state index in [1.165, 1.54) is 17.8 Å². The normalized spacial score (nSPS) is 21.1. The number of nitrogens with one attached hydrogen (secondary N) is 1. The summed E-state index contributed by atoms with van der Waals surface area (Å²) in [6.07, 6.45) is 0.785. The Morgan fingerprint density at radius 2 is 2.17 bits per heavy atom. The first-order valence-corrected chi connectivity index (χ1v) is 10.4. The number of ether oxygens (including phenoxy) is 1. The number of carbonyl (C=O) groups is 1. The van der Waals surface area contributed by atoms with Crippen LogP contribution in [0.5, 0.6) is 5.75 Å². The van der Waals surface area contributed by atoms with Gasteiger partial charge < -0.3 is 20.7 Å². The summed E-state index contributed by atoms with van der Waals surface area (Å²) in [6.45, 7) is 3.32. The van der Waals surface area contributed by atoms with Gasteiger partial charge in [-0.2, -0.15) is 0 Å². The summed E-state index contributed by atoms with van der Waals surface area (Å²) in [7, 11) is 1.97. The number of likely N-dealkylation sites (N-methyl/N-ethyl adjacent to an activating group) is 1. The summed E-state index contributed by atoms with van der Waals surface area (Å²) in [4.78, 5) is 19.4. The highest BCUT2D eigenvalue weighted by molar-refractivity contribution is 8.13. The highest BCUT2D eigenvalue weighted by Gasteiger charge is 2.30. The molecule has 4 rings (SSSR count). The van der Waals surface area contributed by atoms with Gasteiger partial charge in [0.1, 0.15) is 18.2 Å². The lowest BCUT2D eigenvalue weighted by molar-refractivity contribution is 0.102. The number of benzene rings is 2. The lowest BCUT2D eigenvalue weighted by Crippen LogP contribution is -2.29. The van der Waals surface area contributed by atoms with Gasteiger partial charge in [-0.05, 0) is 49.2 Å². The van der Waals surface area contributed by atoms with Gasteiger partial charge in [0.05, 0.1) is 23.5 Å². The van der Waals surface area contributed by atoms with Gasteiger partial charge >= 0.3 is 0 Å². The van der Waals surface area contributed by atoms with E-state index in [2.05, 4.69) is 15.2 Å². The highest BCUT2D eigenvalue weighted by atomic mass is 32.2. The van der Waals surface area contributed by atoms with E-state index in [-0.39, 0.29) is 5.69 Å². The van der Waals surface area contributed by atoms with Crippen LogP contribution in [-0.4, -0.2) is 37.0 Å². The van der Waals surface area contributed by atoms with Crippen LogP contribution in [0.15, 0.2) is 41.4 Å². The third kappa shape index (κ3) is 3.89. The number of thioether (sulfide) groups is 1. The van der Waals surface area contributed by atoms with Crippen LogP contribution in [0.3, 0.4) is 0 Å². The minimum Gasteiger partial charge on any atom is -0.490 e. The van der Waals surface area contributed by atoms with E-state index in [9.17, 15) is 9.18 Å². The molecule has 1 atom stereocenters. The molecule has 0 spiro atoms. The van der Waals surface area contributed by atoms with Crippen LogP contribution in [0.4, 0.5) is 15.8 Å². The zero-order valence-corrected chi connectivity index (χ0v) is 17.2. The number of halogens is 1. The van der Waals surface area contributed by atoms with Crippen LogP contribution in [0.25, 0.3) is 0 Å². The average molecular weight is 415 g/mol. The van der Waals surface area contributed by atoms with Crippen LogP contribution < -0.4 is 20.7 Å². The van der Waals surface area contributed by atoms with Gasteiger partial charge in [0, 0.05) is 18.4 Å². The van der Waals surface area contributed by atoms with Crippen molar-refractivity contribution in [3.05, 3.63) is 53.3 Å². The fourth-order valence-corrected chi connectivity index (χ4v) is 4.52. The predicted octanol–water partition coefficient (Wildman–Crippen LogP) is 3.57. The molecule has 6 nitrogen and oxygen atoms in total. The maximum atomic E-state index is 14.4. The van der Waals surface area contributed by atoms with Gasteiger partial charge in [-0.1, -0.05) is 17.8 Å². The Hall–Kier alpha value is -2.74. The van der Waals surface area contributed by atoms with Crippen molar-refractivity contribution >= 4 is 34.2 Å². The Kier molecular flexibility index (Phi) is 5.12. The molecule has 0 radical (unpaired) electrons. The standard InChI is InChI=1S/C21H23FN4O2S/c1-21(7-10-29-20(23)25-21)14-4-5-15(22)16(12-14)24-19(27)13-3-6-17-18(11-13)28-9-8-26(17)2/h3-6,11-12H,7-10H2,1-2H3,(H2,23,25)(H,24,27). The number of nitrogens with zero attached hydrogens (tertiary/aromatic N) is 2. The Labute approximate surface area is 173 Å². The molecule has 1 unspecified atom stereocenters. The van der Waals surface area contributed by atoms with Crippen molar-refractivity contribution in [1.82, 2.24) is 0 Å². The molecule has 0 bridgehead atoms. The fourth-order valence-electron chi connectivity index (χ4n) is 3.54. The monoisotopic (exact) mass is 414 g/mol. The molecule has 0 fully saturated rings. The van der Waals surface area contributed by atoms with Crippen molar-refractivity contribution in [2.75, 3.05) is 36.2 Å². The van der Waals surface area contributed by atoms with Crippen molar-refractivity contribution in [3.63, 3.8) is 0 Å². The lowest BCUT2D eigenvalue weighted by Gasteiger charge is -2.30. The molecule has 152 valence electrons. The SMILES string of the molecule is CN1CCOc2cc(C(=O)Nc3cc(C4(C)CCSC(N)=N4)ccc3F)ccc21. The van der Waals surface area contributed by atoms with Crippen LogP contribution in [-0.2, 0) is 5.54 Å². The second kappa shape index (κ2) is 7.59. The molecule has 2 aliphatic rings. The summed E-state index contributed by atoms with van der Waals surface area (Å²) in [5.41, 5.74) is 7.63. The first kappa shape index (κ1) is 19.6. The second-order valence-electron chi connectivity index (χ2n) is 7.42. The third-order valence-corrected chi connectivity index (χ3v) is 6.15. The summed E-state index contributed by atoms with van der Waals surface area (Å²) in [5, 5.41) is 3.21. The van der Waals surface area contributed by atoms with Gasteiger partial charge in [-0.25, -0.2) is 4.39 Å². The molecule has 2 heterocycles. The third-order valence-electron chi connectivity index (χ3n) is 5.35. The minimum absolute atomic E-state index is 0.122. The maximum Gasteiger partial charge on any atom is 0.255 e. The zero-order chi connectivity index (χ0) is 20.6. The summed E-state index contributed by atoms with van der Waals surface area (Å²) in [5.74, 6) is 0.599. The molecule has 8 heteroatoms. The Balaban J connectivity index is 1.60. The number of aliphatic imine (C=N–C) groups is 1. The lowest BCUT2D eigenvalue weighted by atomic mass is 9.89. The van der Waals surface area contributed by atoms with Gasteiger partial charge in [0.15, 0.2) is 5.17 Å². The van der Waals surface area contributed by atoms with E-state index in [0.29, 0.717) is 23.1 Å². The van der Waals surface area contributed by atoms with E-state index in [4.69, 9.17) is 10.5 Å². The van der Waals surface area contributed by atoms with Crippen molar-refractivity contribution in [2.45, 2.75) is 18.9 Å². The number of fused-ring (bicyclic) bond motifs is 1.